The average Bonchev–Trinajstić information content (AvgIpc) is 3.66. The number of nitrogens with zero attached hydrogens (tertiary/aromatic N) is 7. The summed E-state index contributed by atoms with van der Waals surface area (Å²) >= 11 is 0. The molecule has 1 saturated carbocycles. The van der Waals surface area contributed by atoms with E-state index in [4.69, 9.17) is 19.3 Å². The third-order valence-corrected chi connectivity index (χ3v) is 11.4. The van der Waals surface area contributed by atoms with Crippen molar-refractivity contribution in [2.75, 3.05) is 57.3 Å². The molecule has 0 atom stereocenters. The summed E-state index contributed by atoms with van der Waals surface area (Å²) in [6.07, 6.45) is 3.54. The summed E-state index contributed by atoms with van der Waals surface area (Å²) in [4.78, 5) is 27.7. The second-order valence-corrected chi connectivity index (χ2v) is 22.3. The Morgan fingerprint density at radius 3 is 2.32 bits per heavy atom. The minimum atomic E-state index is -1.35. The number of hydrogen-bond donors (Lipinski definition) is 0. The lowest BCUT2D eigenvalue weighted by molar-refractivity contribution is -0.00639. The Hall–Kier alpha value is -3.36. The molecule has 14 heteroatoms. The zero-order valence-electron chi connectivity index (χ0n) is 30.7. The fraction of sp³-hybridized carbons (Fsp3) is 0.667. The number of rotatable bonds is 11. The Morgan fingerprint density at radius 2 is 1.68 bits per heavy atom. The van der Waals surface area contributed by atoms with E-state index in [0.717, 1.165) is 35.8 Å². The molecule has 3 aromatic rings. The summed E-state index contributed by atoms with van der Waals surface area (Å²) in [6, 6.07) is 6.13. The van der Waals surface area contributed by atoms with Crippen molar-refractivity contribution in [1.82, 2.24) is 29.5 Å². The van der Waals surface area contributed by atoms with Crippen LogP contribution < -0.4 is 9.64 Å². The lowest BCUT2D eigenvalue weighted by Crippen LogP contribution is -2.54. The van der Waals surface area contributed by atoms with E-state index in [1.807, 2.05) is 33.8 Å². The molecule has 3 aliphatic rings. The quantitative estimate of drug-likeness (QED) is 0.158. The smallest absolute Gasteiger partial charge is 0.410 e. The monoisotopic (exact) mass is 713 g/mol. The van der Waals surface area contributed by atoms with Crippen LogP contribution in [0.3, 0.4) is 0 Å². The summed E-state index contributed by atoms with van der Waals surface area (Å²) in [5.41, 5.74) is -0.382. The van der Waals surface area contributed by atoms with Crippen LogP contribution in [0.25, 0.3) is 22.3 Å². The molecule has 2 saturated heterocycles. The van der Waals surface area contributed by atoms with Crippen molar-refractivity contribution in [2.45, 2.75) is 103 Å². The van der Waals surface area contributed by atoms with Gasteiger partial charge in [-0.2, -0.15) is 5.10 Å². The van der Waals surface area contributed by atoms with Crippen LogP contribution in [0.4, 0.5) is 19.4 Å². The molecule has 11 nitrogen and oxygen atoms in total. The molecule has 0 spiro atoms. The fourth-order valence-corrected chi connectivity index (χ4v) is 7.17. The number of piperazine rings is 1. The topological polar surface area (TPSA) is 98.1 Å². The minimum Gasteiger partial charge on any atom is -0.484 e. The van der Waals surface area contributed by atoms with Crippen LogP contribution in [-0.4, -0.2) is 113 Å². The first-order valence-electron chi connectivity index (χ1n) is 17.9. The largest absolute Gasteiger partial charge is 0.484 e. The number of ether oxygens (including phenoxy) is 3. The lowest BCUT2D eigenvalue weighted by atomic mass is 9.92. The second kappa shape index (κ2) is 14.0. The Labute approximate surface area is 295 Å². The highest BCUT2D eigenvalue weighted by molar-refractivity contribution is 6.76. The lowest BCUT2D eigenvalue weighted by Gasteiger charge is -2.42. The van der Waals surface area contributed by atoms with E-state index in [1.165, 1.54) is 6.07 Å². The summed E-state index contributed by atoms with van der Waals surface area (Å²) in [5.74, 6) is 0.538. The number of hydrogen-bond acceptors (Lipinski definition) is 9. The predicted octanol–water partition coefficient (Wildman–Crippen LogP) is 6.74. The van der Waals surface area contributed by atoms with Crippen molar-refractivity contribution < 1.29 is 27.8 Å². The van der Waals surface area contributed by atoms with Gasteiger partial charge in [0, 0.05) is 90.9 Å². The number of carbonyl (C=O) groups excluding carboxylic acids is 1. The summed E-state index contributed by atoms with van der Waals surface area (Å²) < 4.78 is 50.5. The van der Waals surface area contributed by atoms with Gasteiger partial charge in [-0.05, 0) is 52.6 Å². The number of benzene rings is 1. The molecular formula is C36H53F2N7O4Si. The van der Waals surface area contributed by atoms with E-state index in [9.17, 15) is 4.79 Å². The first-order chi connectivity index (χ1) is 23.5. The van der Waals surface area contributed by atoms with Crippen molar-refractivity contribution in [3.05, 3.63) is 30.3 Å². The number of anilines is 1. The third-order valence-electron chi connectivity index (χ3n) is 9.72. The molecule has 1 aromatic carbocycles. The van der Waals surface area contributed by atoms with Gasteiger partial charge in [-0.1, -0.05) is 19.6 Å². The zero-order chi connectivity index (χ0) is 35.9. The maximum Gasteiger partial charge on any atom is 0.410 e. The molecule has 2 aromatic heterocycles. The van der Waals surface area contributed by atoms with E-state index in [0.29, 0.717) is 76.5 Å². The second-order valence-electron chi connectivity index (χ2n) is 16.7. The van der Waals surface area contributed by atoms with Gasteiger partial charge < -0.3 is 24.0 Å². The number of piperidine rings is 1. The van der Waals surface area contributed by atoms with E-state index in [-0.39, 0.29) is 24.2 Å². The van der Waals surface area contributed by atoms with Crippen LogP contribution in [0, 0.1) is 5.82 Å². The van der Waals surface area contributed by atoms with Gasteiger partial charge in [-0.3, -0.25) is 4.90 Å². The normalized spacial score (nSPS) is 19.5. The zero-order valence-corrected chi connectivity index (χ0v) is 31.7. The molecule has 3 fully saturated rings. The van der Waals surface area contributed by atoms with Crippen molar-refractivity contribution in [3.63, 3.8) is 0 Å². The molecule has 2 aliphatic heterocycles. The van der Waals surface area contributed by atoms with Crippen LogP contribution in [0.5, 0.6) is 5.75 Å². The molecule has 0 bridgehead atoms. The highest BCUT2D eigenvalue weighted by atomic mass is 28.3. The minimum absolute atomic E-state index is 0.211. The Balaban J connectivity index is 1.14. The molecule has 274 valence electrons. The Kier molecular flexibility index (Phi) is 10.2. The highest BCUT2D eigenvalue weighted by Gasteiger charge is 2.41. The van der Waals surface area contributed by atoms with Crippen LogP contribution in [0.2, 0.25) is 25.7 Å². The maximum absolute atomic E-state index is 15.9. The highest BCUT2D eigenvalue weighted by Crippen LogP contribution is 2.42. The molecular weight excluding hydrogens is 661 g/mol. The molecule has 1 aliphatic carbocycles. The van der Waals surface area contributed by atoms with Gasteiger partial charge in [0.05, 0.1) is 16.9 Å². The molecule has 1 amide bonds. The van der Waals surface area contributed by atoms with Crippen molar-refractivity contribution in [1.29, 1.82) is 0 Å². The van der Waals surface area contributed by atoms with Crippen LogP contribution in [-0.2, 0) is 16.2 Å². The SMILES string of the molecule is CC(C)(C)OC(=O)N1CCC(F)(CN2CCN(c3cc(-c4c5cc(OC6(C)CC6)c(F)cc5nn4COCC[Si](C)(C)C)ncn3)CC2)CC1. The number of halogens is 2. The number of likely N-dealkylation sites (tertiary alicyclic amines) is 1. The summed E-state index contributed by atoms with van der Waals surface area (Å²) in [7, 11) is -1.29. The van der Waals surface area contributed by atoms with Gasteiger partial charge in [0.25, 0.3) is 0 Å². The molecule has 50 heavy (non-hydrogen) atoms. The summed E-state index contributed by atoms with van der Waals surface area (Å²) in [6.45, 7) is 19.0. The number of amides is 1. The molecule has 0 unspecified atom stereocenters. The van der Waals surface area contributed by atoms with E-state index < -0.39 is 25.2 Å². The van der Waals surface area contributed by atoms with Gasteiger partial charge in [-0.15, -0.1) is 0 Å². The first-order valence-corrected chi connectivity index (χ1v) is 21.6. The predicted molar refractivity (Wildman–Crippen MR) is 193 cm³/mol. The van der Waals surface area contributed by atoms with Gasteiger partial charge in [0.2, 0.25) is 0 Å². The van der Waals surface area contributed by atoms with Crippen LogP contribution in [0.15, 0.2) is 24.5 Å². The Morgan fingerprint density at radius 1 is 0.980 bits per heavy atom. The number of aromatic nitrogens is 4. The molecule has 4 heterocycles. The van der Waals surface area contributed by atoms with Gasteiger partial charge >= 0.3 is 6.09 Å². The van der Waals surface area contributed by atoms with E-state index in [1.54, 1.807) is 22.0 Å². The van der Waals surface area contributed by atoms with Crippen molar-refractivity contribution >= 4 is 30.9 Å². The van der Waals surface area contributed by atoms with Crippen LogP contribution in [0.1, 0.15) is 53.4 Å². The van der Waals surface area contributed by atoms with Gasteiger partial charge in [-0.25, -0.2) is 28.2 Å². The number of fused-ring (bicyclic) bond motifs is 1. The van der Waals surface area contributed by atoms with E-state index in [2.05, 4.69) is 39.4 Å². The number of carbonyl (C=O) groups is 1. The van der Waals surface area contributed by atoms with E-state index >= 15 is 8.78 Å². The first kappa shape index (κ1) is 36.4. The Bertz CT molecular complexity index is 1670. The average molecular weight is 714 g/mol. The van der Waals surface area contributed by atoms with Crippen molar-refractivity contribution in [2.24, 2.45) is 0 Å². The van der Waals surface area contributed by atoms with Gasteiger partial charge in [0.15, 0.2) is 11.6 Å². The third kappa shape index (κ3) is 9.10. The van der Waals surface area contributed by atoms with Gasteiger partial charge in [0.1, 0.15) is 35.7 Å². The molecule has 6 rings (SSSR count). The maximum atomic E-state index is 15.9. The van der Waals surface area contributed by atoms with Crippen molar-refractivity contribution in [3.8, 4) is 17.1 Å². The summed E-state index contributed by atoms with van der Waals surface area (Å²) in [5, 5.41) is 5.48. The fourth-order valence-electron chi connectivity index (χ4n) is 6.41. The van der Waals surface area contributed by atoms with Crippen LogP contribution >= 0.6 is 0 Å². The molecule has 0 N–H and O–H groups in total. The standard InChI is InChI=1S/C36H53F2N7O4Si/c1-34(2,3)49-33(46)44-12-10-36(38,11-13-44)23-42-14-16-43(17-15-42)31-22-29(39-24-40-31)32-26-20-30(48-35(4)8-9-35)27(37)21-28(26)41-45(32)25-47-18-19-50(5,6)7/h20-22,24H,8-19,23,25H2,1-7H3. The number of alkyl halides is 1. The molecule has 0 radical (unpaired) electrons.